The lowest BCUT2D eigenvalue weighted by molar-refractivity contribution is 0.560. The molecule has 0 aliphatic carbocycles. The average molecular weight is 317 g/mol. The van der Waals surface area contributed by atoms with Crippen molar-refractivity contribution < 1.29 is 8.42 Å². The molecule has 0 radical (unpaired) electrons. The maximum Gasteiger partial charge on any atom is 0.241 e. The van der Waals surface area contributed by atoms with Crippen molar-refractivity contribution in [3.05, 3.63) is 53.6 Å². The van der Waals surface area contributed by atoms with Crippen LogP contribution in [0.2, 0.25) is 0 Å². The van der Waals surface area contributed by atoms with Crippen molar-refractivity contribution in [3.63, 3.8) is 0 Å². The van der Waals surface area contributed by atoms with Crippen molar-refractivity contribution >= 4 is 10.0 Å². The zero-order valence-corrected chi connectivity index (χ0v) is 14.4. The monoisotopic (exact) mass is 317 g/mol. The van der Waals surface area contributed by atoms with Crippen molar-refractivity contribution in [1.29, 1.82) is 0 Å². The molecule has 0 saturated carbocycles. The second-order valence-electron chi connectivity index (χ2n) is 6.06. The summed E-state index contributed by atoms with van der Waals surface area (Å²) < 4.78 is 27.9. The first kappa shape index (κ1) is 16.7. The summed E-state index contributed by atoms with van der Waals surface area (Å²) in [6.07, 6.45) is 0. The topological polar surface area (TPSA) is 46.2 Å². The second-order valence-corrected chi connectivity index (χ2v) is 7.80. The normalized spacial score (nSPS) is 11.9. The van der Waals surface area contributed by atoms with Crippen LogP contribution in [0.3, 0.4) is 0 Å². The first-order chi connectivity index (χ1) is 10.3. The molecule has 0 aliphatic rings. The molecule has 2 rings (SSSR count). The van der Waals surface area contributed by atoms with Crippen LogP contribution in [0.15, 0.2) is 47.4 Å². The Balaban J connectivity index is 2.51. The minimum Gasteiger partial charge on any atom is -0.211 e. The van der Waals surface area contributed by atoms with Crippen LogP contribution in [0.4, 0.5) is 0 Å². The largest absolute Gasteiger partial charge is 0.241 e. The van der Waals surface area contributed by atoms with Gasteiger partial charge in [0.2, 0.25) is 10.0 Å². The Morgan fingerprint density at radius 3 is 2.32 bits per heavy atom. The Morgan fingerprint density at radius 1 is 1.00 bits per heavy atom. The van der Waals surface area contributed by atoms with Crippen molar-refractivity contribution in [2.75, 3.05) is 6.54 Å². The predicted molar refractivity (Wildman–Crippen MR) is 91.4 cm³/mol. The van der Waals surface area contributed by atoms with Crippen LogP contribution in [0, 0.1) is 19.8 Å². The van der Waals surface area contributed by atoms with Crippen molar-refractivity contribution in [2.45, 2.75) is 32.6 Å². The molecule has 0 heterocycles. The van der Waals surface area contributed by atoms with Gasteiger partial charge in [0.15, 0.2) is 0 Å². The number of hydrogen-bond acceptors (Lipinski definition) is 2. The average Bonchev–Trinajstić information content (AvgIpc) is 2.45. The van der Waals surface area contributed by atoms with E-state index < -0.39 is 10.0 Å². The fourth-order valence-corrected chi connectivity index (χ4v) is 3.83. The maximum atomic E-state index is 12.6. The highest BCUT2D eigenvalue weighted by atomic mass is 32.2. The molecule has 2 aromatic carbocycles. The fraction of sp³-hybridized carbons (Fsp3) is 0.333. The second kappa shape index (κ2) is 6.63. The van der Waals surface area contributed by atoms with Gasteiger partial charge < -0.3 is 0 Å². The van der Waals surface area contributed by atoms with E-state index in [1.54, 1.807) is 12.1 Å². The highest BCUT2D eigenvalue weighted by molar-refractivity contribution is 7.89. The molecule has 0 fully saturated rings. The first-order valence-electron chi connectivity index (χ1n) is 7.47. The Bertz CT molecular complexity index is 764. The molecule has 118 valence electrons. The van der Waals surface area contributed by atoms with E-state index >= 15 is 0 Å². The third-order valence-corrected chi connectivity index (χ3v) is 5.01. The molecule has 0 aliphatic heterocycles. The molecule has 22 heavy (non-hydrogen) atoms. The summed E-state index contributed by atoms with van der Waals surface area (Å²) in [6, 6.07) is 13.2. The summed E-state index contributed by atoms with van der Waals surface area (Å²) in [7, 11) is -3.51. The quantitative estimate of drug-likeness (QED) is 0.909. The summed E-state index contributed by atoms with van der Waals surface area (Å²) in [5.41, 5.74) is 3.94. The molecule has 0 unspecified atom stereocenters. The molecule has 0 amide bonds. The van der Waals surface area contributed by atoms with Crippen LogP contribution in [-0.4, -0.2) is 15.0 Å². The van der Waals surface area contributed by atoms with Crippen molar-refractivity contribution in [1.82, 2.24) is 4.72 Å². The number of hydrogen-bond donors (Lipinski definition) is 1. The van der Waals surface area contributed by atoms with E-state index in [9.17, 15) is 8.42 Å². The molecular formula is C18H23NO2S. The number of sulfonamides is 1. The first-order valence-corrected chi connectivity index (χ1v) is 8.96. The van der Waals surface area contributed by atoms with Gasteiger partial charge in [0, 0.05) is 12.1 Å². The molecule has 4 heteroatoms. The summed E-state index contributed by atoms with van der Waals surface area (Å²) in [5.74, 6) is 0.267. The van der Waals surface area contributed by atoms with E-state index in [2.05, 4.69) is 10.8 Å². The van der Waals surface area contributed by atoms with E-state index in [0.717, 1.165) is 16.7 Å². The number of nitrogens with one attached hydrogen (secondary N) is 1. The van der Waals surface area contributed by atoms with Gasteiger partial charge in [-0.05, 0) is 37.0 Å². The van der Waals surface area contributed by atoms with Gasteiger partial charge in [0.25, 0.3) is 0 Å². The molecule has 1 N–H and O–H groups in total. The standard InChI is InChI=1S/C18H23NO2S/c1-13(2)12-19-22(20,21)18-8-6-5-7-17(18)16-10-9-14(3)11-15(16)4/h5-11,13,19H,12H2,1-4H3. The van der Waals surface area contributed by atoms with Crippen LogP contribution >= 0.6 is 0 Å². The number of aryl methyl sites for hydroxylation is 2. The van der Waals surface area contributed by atoms with Gasteiger partial charge in [0.05, 0.1) is 4.90 Å². The lowest BCUT2D eigenvalue weighted by atomic mass is 9.99. The van der Waals surface area contributed by atoms with Crippen molar-refractivity contribution in [3.8, 4) is 11.1 Å². The Hall–Kier alpha value is -1.65. The van der Waals surface area contributed by atoms with Crippen LogP contribution in [0.1, 0.15) is 25.0 Å². The van der Waals surface area contributed by atoms with Gasteiger partial charge in [-0.3, -0.25) is 0 Å². The summed E-state index contributed by atoms with van der Waals surface area (Å²) in [6.45, 7) is 8.44. The third kappa shape index (κ3) is 3.76. The molecule has 2 aromatic rings. The molecule has 0 atom stereocenters. The highest BCUT2D eigenvalue weighted by Gasteiger charge is 2.19. The van der Waals surface area contributed by atoms with Gasteiger partial charge in [-0.25, -0.2) is 13.1 Å². The lowest BCUT2D eigenvalue weighted by Gasteiger charge is -2.14. The van der Waals surface area contributed by atoms with Crippen LogP contribution < -0.4 is 4.72 Å². The van der Waals surface area contributed by atoms with Gasteiger partial charge in [-0.1, -0.05) is 55.8 Å². The van der Waals surface area contributed by atoms with E-state index in [1.165, 1.54) is 5.56 Å². The summed E-state index contributed by atoms with van der Waals surface area (Å²) in [5, 5.41) is 0. The van der Waals surface area contributed by atoms with Crippen LogP contribution in [-0.2, 0) is 10.0 Å². The Morgan fingerprint density at radius 2 is 1.68 bits per heavy atom. The fourth-order valence-electron chi connectivity index (χ4n) is 2.39. The van der Waals surface area contributed by atoms with E-state index in [1.807, 2.05) is 52.0 Å². The zero-order valence-electron chi connectivity index (χ0n) is 13.6. The van der Waals surface area contributed by atoms with Gasteiger partial charge >= 0.3 is 0 Å². The molecule has 0 bridgehead atoms. The smallest absolute Gasteiger partial charge is 0.211 e. The summed E-state index contributed by atoms with van der Waals surface area (Å²) in [4.78, 5) is 0.336. The number of benzene rings is 2. The SMILES string of the molecule is Cc1ccc(-c2ccccc2S(=O)(=O)NCC(C)C)c(C)c1. The van der Waals surface area contributed by atoms with Crippen LogP contribution in [0.25, 0.3) is 11.1 Å². The Labute approximate surface area is 133 Å². The van der Waals surface area contributed by atoms with E-state index in [4.69, 9.17) is 0 Å². The Kier molecular flexibility index (Phi) is 5.04. The van der Waals surface area contributed by atoms with Gasteiger partial charge in [-0.2, -0.15) is 0 Å². The molecular weight excluding hydrogens is 294 g/mol. The number of rotatable bonds is 5. The molecule has 0 spiro atoms. The molecule has 0 aromatic heterocycles. The minimum atomic E-state index is -3.51. The van der Waals surface area contributed by atoms with Crippen molar-refractivity contribution in [2.24, 2.45) is 5.92 Å². The van der Waals surface area contributed by atoms with Crippen LogP contribution in [0.5, 0.6) is 0 Å². The third-order valence-electron chi connectivity index (χ3n) is 3.53. The van der Waals surface area contributed by atoms with E-state index in [0.29, 0.717) is 11.4 Å². The minimum absolute atomic E-state index is 0.267. The molecule has 3 nitrogen and oxygen atoms in total. The lowest BCUT2D eigenvalue weighted by Crippen LogP contribution is -2.28. The van der Waals surface area contributed by atoms with Gasteiger partial charge in [0.1, 0.15) is 0 Å². The predicted octanol–water partition coefficient (Wildman–Crippen LogP) is 3.90. The summed E-state index contributed by atoms with van der Waals surface area (Å²) >= 11 is 0. The zero-order chi connectivity index (χ0) is 16.3. The molecule has 0 saturated heterocycles. The maximum absolute atomic E-state index is 12.6. The highest BCUT2D eigenvalue weighted by Crippen LogP contribution is 2.30. The van der Waals surface area contributed by atoms with Gasteiger partial charge in [-0.15, -0.1) is 0 Å². The van der Waals surface area contributed by atoms with E-state index in [-0.39, 0.29) is 5.92 Å².